The largest absolute Gasteiger partial charge is 0.355 e. The number of amides is 1. The summed E-state index contributed by atoms with van der Waals surface area (Å²) in [6.45, 7) is 5.19. The third-order valence-corrected chi connectivity index (χ3v) is 5.02. The Hall–Kier alpha value is -0.620. The average molecular weight is 276 g/mol. The van der Waals surface area contributed by atoms with E-state index in [0.717, 1.165) is 6.42 Å². The van der Waals surface area contributed by atoms with Crippen LogP contribution >= 0.6 is 0 Å². The van der Waals surface area contributed by atoms with E-state index in [2.05, 4.69) is 19.2 Å². The quantitative estimate of drug-likeness (QED) is 0.756. The molecule has 0 saturated carbocycles. The van der Waals surface area contributed by atoms with E-state index in [4.69, 9.17) is 0 Å². The van der Waals surface area contributed by atoms with Crippen molar-refractivity contribution >= 4 is 15.7 Å². The van der Waals surface area contributed by atoms with Gasteiger partial charge < -0.3 is 5.32 Å². The van der Waals surface area contributed by atoms with E-state index >= 15 is 0 Å². The molecule has 1 N–H and O–H groups in total. The van der Waals surface area contributed by atoms with Crippen LogP contribution in [0.1, 0.15) is 26.7 Å². The molecule has 18 heavy (non-hydrogen) atoms. The fourth-order valence-electron chi connectivity index (χ4n) is 2.03. The normalized spacial score (nSPS) is 22.6. The molecule has 1 aliphatic heterocycles. The van der Waals surface area contributed by atoms with Crippen molar-refractivity contribution in [3.63, 3.8) is 0 Å². The number of hydrogen-bond acceptors (Lipinski definition) is 4. The molecular formula is C12H24N2O3S. The van der Waals surface area contributed by atoms with Gasteiger partial charge in [-0.15, -0.1) is 0 Å². The van der Waals surface area contributed by atoms with Crippen LogP contribution in [-0.4, -0.2) is 56.9 Å². The highest BCUT2D eigenvalue weighted by Crippen LogP contribution is 2.15. The van der Waals surface area contributed by atoms with Gasteiger partial charge in [-0.05, 0) is 25.8 Å². The van der Waals surface area contributed by atoms with Crippen LogP contribution in [0.2, 0.25) is 0 Å². The van der Waals surface area contributed by atoms with Crippen LogP contribution in [-0.2, 0) is 14.6 Å². The first kappa shape index (κ1) is 15.4. The summed E-state index contributed by atoms with van der Waals surface area (Å²) in [6, 6.07) is -0.00847. The summed E-state index contributed by atoms with van der Waals surface area (Å²) < 4.78 is 22.7. The van der Waals surface area contributed by atoms with Gasteiger partial charge in [0.15, 0.2) is 9.84 Å². The highest BCUT2D eigenvalue weighted by atomic mass is 32.2. The minimum Gasteiger partial charge on any atom is -0.355 e. The second-order valence-electron chi connectivity index (χ2n) is 5.50. The SMILES string of the molecule is CC(C)CCNC(=O)CN(C)C1CCS(=O)(=O)C1. The van der Waals surface area contributed by atoms with Crippen LogP contribution in [0.5, 0.6) is 0 Å². The molecule has 0 aromatic heterocycles. The lowest BCUT2D eigenvalue weighted by atomic mass is 10.1. The summed E-state index contributed by atoms with van der Waals surface area (Å²) in [7, 11) is -1.06. The Labute approximate surface area is 110 Å². The highest BCUT2D eigenvalue weighted by Gasteiger charge is 2.31. The molecule has 0 aromatic rings. The molecule has 0 aromatic carbocycles. The number of hydrogen-bond donors (Lipinski definition) is 1. The maximum absolute atomic E-state index is 11.7. The smallest absolute Gasteiger partial charge is 0.234 e. The zero-order chi connectivity index (χ0) is 13.8. The summed E-state index contributed by atoms with van der Waals surface area (Å²) in [5, 5.41) is 2.86. The predicted octanol–water partition coefficient (Wildman–Crippen LogP) is 0.268. The molecule has 1 atom stereocenters. The molecule has 5 nitrogen and oxygen atoms in total. The van der Waals surface area contributed by atoms with Crippen LogP contribution < -0.4 is 5.32 Å². The van der Waals surface area contributed by atoms with Crippen molar-refractivity contribution < 1.29 is 13.2 Å². The van der Waals surface area contributed by atoms with Crippen molar-refractivity contribution in [2.75, 3.05) is 31.6 Å². The Morgan fingerprint density at radius 2 is 2.11 bits per heavy atom. The molecule has 0 aliphatic carbocycles. The standard InChI is InChI=1S/C12H24N2O3S/c1-10(2)4-6-13-12(15)8-14(3)11-5-7-18(16,17)9-11/h10-11H,4-9H2,1-3H3,(H,13,15). The van der Waals surface area contributed by atoms with Crippen LogP contribution in [0.15, 0.2) is 0 Å². The van der Waals surface area contributed by atoms with Crippen LogP contribution in [0.25, 0.3) is 0 Å². The molecule has 0 radical (unpaired) electrons. The van der Waals surface area contributed by atoms with Crippen molar-refractivity contribution in [1.82, 2.24) is 10.2 Å². The molecule has 1 saturated heterocycles. The second-order valence-corrected chi connectivity index (χ2v) is 7.73. The highest BCUT2D eigenvalue weighted by molar-refractivity contribution is 7.91. The van der Waals surface area contributed by atoms with Gasteiger partial charge in [-0.1, -0.05) is 13.8 Å². The van der Waals surface area contributed by atoms with Gasteiger partial charge in [-0.2, -0.15) is 0 Å². The molecule has 1 unspecified atom stereocenters. The maximum Gasteiger partial charge on any atom is 0.234 e. The van der Waals surface area contributed by atoms with E-state index in [9.17, 15) is 13.2 Å². The van der Waals surface area contributed by atoms with E-state index in [-0.39, 0.29) is 30.0 Å². The number of carbonyl (C=O) groups is 1. The fraction of sp³-hybridized carbons (Fsp3) is 0.917. The molecule has 0 spiro atoms. The van der Waals surface area contributed by atoms with Crippen molar-refractivity contribution in [2.24, 2.45) is 5.92 Å². The van der Waals surface area contributed by atoms with Crippen LogP contribution in [0, 0.1) is 5.92 Å². The summed E-state index contributed by atoms with van der Waals surface area (Å²) >= 11 is 0. The van der Waals surface area contributed by atoms with E-state index in [1.165, 1.54) is 0 Å². The zero-order valence-electron chi connectivity index (χ0n) is 11.5. The lowest BCUT2D eigenvalue weighted by Crippen LogP contribution is -2.41. The van der Waals surface area contributed by atoms with Gasteiger partial charge in [0.1, 0.15) is 0 Å². The summed E-state index contributed by atoms with van der Waals surface area (Å²) in [5.74, 6) is 0.977. The molecule has 1 rings (SSSR count). The van der Waals surface area contributed by atoms with E-state index in [1.807, 2.05) is 11.9 Å². The minimum absolute atomic E-state index is 0.00847. The van der Waals surface area contributed by atoms with E-state index < -0.39 is 9.84 Å². The Morgan fingerprint density at radius 1 is 1.44 bits per heavy atom. The second kappa shape index (κ2) is 6.52. The third kappa shape index (κ3) is 5.35. The van der Waals surface area contributed by atoms with Crippen molar-refractivity contribution in [1.29, 1.82) is 0 Å². The summed E-state index contributed by atoms with van der Waals surface area (Å²) in [4.78, 5) is 13.5. The van der Waals surface area contributed by atoms with Crippen molar-refractivity contribution in [2.45, 2.75) is 32.7 Å². The zero-order valence-corrected chi connectivity index (χ0v) is 12.3. The number of nitrogens with one attached hydrogen (secondary N) is 1. The topological polar surface area (TPSA) is 66.5 Å². The number of rotatable bonds is 6. The maximum atomic E-state index is 11.7. The van der Waals surface area contributed by atoms with E-state index in [1.54, 1.807) is 0 Å². The van der Waals surface area contributed by atoms with Gasteiger partial charge in [0, 0.05) is 12.6 Å². The summed E-state index contributed by atoms with van der Waals surface area (Å²) in [5.41, 5.74) is 0. The molecule has 1 fully saturated rings. The van der Waals surface area contributed by atoms with Gasteiger partial charge in [-0.25, -0.2) is 8.42 Å². The van der Waals surface area contributed by atoms with Gasteiger partial charge >= 0.3 is 0 Å². The number of likely N-dealkylation sites (N-methyl/N-ethyl adjacent to an activating group) is 1. The third-order valence-electron chi connectivity index (χ3n) is 3.27. The van der Waals surface area contributed by atoms with Crippen LogP contribution in [0.4, 0.5) is 0 Å². The monoisotopic (exact) mass is 276 g/mol. The van der Waals surface area contributed by atoms with Gasteiger partial charge in [-0.3, -0.25) is 9.69 Å². The number of nitrogens with zero attached hydrogens (tertiary/aromatic N) is 1. The first-order valence-electron chi connectivity index (χ1n) is 6.47. The molecule has 1 heterocycles. The number of sulfone groups is 1. The number of carbonyl (C=O) groups excluding carboxylic acids is 1. The average Bonchev–Trinajstić information content (AvgIpc) is 2.58. The Morgan fingerprint density at radius 3 is 2.61 bits per heavy atom. The van der Waals surface area contributed by atoms with Crippen molar-refractivity contribution in [3.8, 4) is 0 Å². The molecular weight excluding hydrogens is 252 g/mol. The molecule has 0 bridgehead atoms. The first-order chi connectivity index (χ1) is 8.30. The lowest BCUT2D eigenvalue weighted by Gasteiger charge is -2.22. The molecule has 106 valence electrons. The lowest BCUT2D eigenvalue weighted by molar-refractivity contribution is -0.122. The van der Waals surface area contributed by atoms with Crippen molar-refractivity contribution in [3.05, 3.63) is 0 Å². The van der Waals surface area contributed by atoms with E-state index in [0.29, 0.717) is 18.9 Å². The first-order valence-corrected chi connectivity index (χ1v) is 8.29. The van der Waals surface area contributed by atoms with Gasteiger partial charge in [0.25, 0.3) is 0 Å². The Balaban J connectivity index is 2.28. The Kier molecular flexibility index (Phi) is 5.59. The fourth-order valence-corrected chi connectivity index (χ4v) is 3.84. The van der Waals surface area contributed by atoms with Crippen LogP contribution in [0.3, 0.4) is 0 Å². The Bertz CT molecular complexity index is 379. The molecule has 6 heteroatoms. The molecule has 1 aliphatic rings. The molecule has 1 amide bonds. The predicted molar refractivity (Wildman–Crippen MR) is 72.2 cm³/mol. The van der Waals surface area contributed by atoms with Gasteiger partial charge in [0.2, 0.25) is 5.91 Å². The minimum atomic E-state index is -2.88. The van der Waals surface area contributed by atoms with Gasteiger partial charge in [0.05, 0.1) is 18.1 Å². The summed E-state index contributed by atoms with van der Waals surface area (Å²) in [6.07, 6.45) is 1.60.